The van der Waals surface area contributed by atoms with E-state index in [1.165, 1.54) is 7.11 Å². The first-order valence-electron chi connectivity index (χ1n) is 6.43. The Kier molecular flexibility index (Phi) is 6.40. The van der Waals surface area contributed by atoms with Crippen LogP contribution in [0.15, 0.2) is 0 Å². The van der Waals surface area contributed by atoms with Crippen LogP contribution in [0.1, 0.15) is 25.7 Å². The van der Waals surface area contributed by atoms with Crippen LogP contribution < -0.4 is 11.1 Å². The van der Waals surface area contributed by atoms with Gasteiger partial charge in [-0.15, -0.1) is 0 Å². The SMILES string of the molecule is COC(=O)CC[C@H](NC(=O)C1CCC(CN)O1)C(=O)O. The molecule has 0 radical (unpaired) electrons. The third-order valence-corrected chi connectivity index (χ3v) is 3.14. The number of hydrogen-bond donors (Lipinski definition) is 3. The summed E-state index contributed by atoms with van der Waals surface area (Å²) >= 11 is 0. The predicted molar refractivity (Wildman–Crippen MR) is 67.8 cm³/mol. The topological polar surface area (TPSA) is 128 Å². The third kappa shape index (κ3) is 4.78. The zero-order chi connectivity index (χ0) is 15.1. The van der Waals surface area contributed by atoms with E-state index in [0.29, 0.717) is 19.4 Å². The van der Waals surface area contributed by atoms with E-state index in [1.54, 1.807) is 0 Å². The fourth-order valence-corrected chi connectivity index (χ4v) is 1.96. The quantitative estimate of drug-likeness (QED) is 0.513. The molecule has 8 nitrogen and oxygen atoms in total. The summed E-state index contributed by atoms with van der Waals surface area (Å²) in [6, 6.07) is -1.14. The summed E-state index contributed by atoms with van der Waals surface area (Å²) in [6.45, 7) is 0.328. The van der Waals surface area contributed by atoms with Crippen LogP contribution >= 0.6 is 0 Å². The van der Waals surface area contributed by atoms with Gasteiger partial charge < -0.3 is 25.6 Å². The number of esters is 1. The molecule has 1 fully saturated rings. The molecule has 1 saturated heterocycles. The van der Waals surface area contributed by atoms with Crippen molar-refractivity contribution in [1.82, 2.24) is 5.32 Å². The van der Waals surface area contributed by atoms with Crippen LogP contribution in [0.2, 0.25) is 0 Å². The maximum Gasteiger partial charge on any atom is 0.326 e. The van der Waals surface area contributed by atoms with E-state index < -0.39 is 30.0 Å². The van der Waals surface area contributed by atoms with Crippen molar-refractivity contribution in [3.8, 4) is 0 Å². The number of methoxy groups -OCH3 is 1. The molecule has 0 aliphatic carbocycles. The van der Waals surface area contributed by atoms with Gasteiger partial charge in [-0.25, -0.2) is 4.79 Å². The molecule has 1 heterocycles. The van der Waals surface area contributed by atoms with E-state index in [4.69, 9.17) is 15.6 Å². The number of carboxylic acids is 1. The Morgan fingerprint density at radius 1 is 1.45 bits per heavy atom. The number of nitrogens with two attached hydrogens (primary N) is 1. The summed E-state index contributed by atoms with van der Waals surface area (Å²) < 4.78 is 9.81. The standard InChI is InChI=1S/C12H20N2O6/c1-19-10(15)5-3-8(12(17)18)14-11(16)9-4-2-7(6-13)20-9/h7-9H,2-6,13H2,1H3,(H,14,16)(H,17,18)/t7?,8-,9?/m0/s1. The van der Waals surface area contributed by atoms with Gasteiger partial charge in [0.1, 0.15) is 12.1 Å². The van der Waals surface area contributed by atoms with Crippen LogP contribution in [-0.4, -0.2) is 54.9 Å². The van der Waals surface area contributed by atoms with Gasteiger partial charge in [-0.3, -0.25) is 9.59 Å². The van der Waals surface area contributed by atoms with Crippen molar-refractivity contribution in [2.75, 3.05) is 13.7 Å². The summed E-state index contributed by atoms with van der Waals surface area (Å²) in [4.78, 5) is 33.9. The lowest BCUT2D eigenvalue weighted by Crippen LogP contribution is -2.45. The number of rotatable bonds is 7. The summed E-state index contributed by atoms with van der Waals surface area (Å²) in [6.07, 6.45) is 0.240. The molecule has 20 heavy (non-hydrogen) atoms. The van der Waals surface area contributed by atoms with Crippen molar-refractivity contribution in [2.24, 2.45) is 5.73 Å². The average molecular weight is 288 g/mol. The van der Waals surface area contributed by atoms with Crippen molar-refractivity contribution in [2.45, 2.75) is 43.9 Å². The fourth-order valence-electron chi connectivity index (χ4n) is 1.96. The van der Waals surface area contributed by atoms with Gasteiger partial charge in [0.2, 0.25) is 5.91 Å². The fraction of sp³-hybridized carbons (Fsp3) is 0.750. The lowest BCUT2D eigenvalue weighted by molar-refractivity contribution is -0.145. The molecule has 1 aliphatic rings. The lowest BCUT2D eigenvalue weighted by atomic mass is 10.1. The second kappa shape index (κ2) is 7.81. The molecule has 1 rings (SSSR count). The van der Waals surface area contributed by atoms with E-state index in [1.807, 2.05) is 0 Å². The van der Waals surface area contributed by atoms with E-state index in [2.05, 4.69) is 10.1 Å². The first-order chi connectivity index (χ1) is 9.47. The van der Waals surface area contributed by atoms with Crippen LogP contribution in [0, 0.1) is 0 Å². The number of aliphatic carboxylic acids is 1. The Labute approximate surface area is 116 Å². The van der Waals surface area contributed by atoms with Crippen LogP contribution in [-0.2, 0) is 23.9 Å². The Morgan fingerprint density at radius 2 is 2.15 bits per heavy atom. The first-order valence-corrected chi connectivity index (χ1v) is 6.43. The van der Waals surface area contributed by atoms with Crippen molar-refractivity contribution in [1.29, 1.82) is 0 Å². The summed E-state index contributed by atoms with van der Waals surface area (Å²) in [5.74, 6) is -2.21. The van der Waals surface area contributed by atoms with Gasteiger partial charge in [0.05, 0.1) is 13.2 Å². The molecular formula is C12H20N2O6. The molecule has 0 aromatic heterocycles. The van der Waals surface area contributed by atoms with Crippen LogP contribution in [0.5, 0.6) is 0 Å². The lowest BCUT2D eigenvalue weighted by Gasteiger charge is -2.17. The van der Waals surface area contributed by atoms with Crippen molar-refractivity contribution < 1.29 is 29.0 Å². The molecule has 114 valence electrons. The Hall–Kier alpha value is -1.67. The highest BCUT2D eigenvalue weighted by atomic mass is 16.5. The Morgan fingerprint density at radius 3 is 2.65 bits per heavy atom. The molecule has 0 spiro atoms. The number of carbonyl (C=O) groups is 3. The molecule has 4 N–H and O–H groups in total. The normalized spacial score (nSPS) is 23.1. The molecule has 2 unspecified atom stereocenters. The van der Waals surface area contributed by atoms with Gasteiger partial charge in [0.15, 0.2) is 0 Å². The highest BCUT2D eigenvalue weighted by molar-refractivity contribution is 5.86. The second-order valence-corrected chi connectivity index (χ2v) is 4.57. The Balaban J connectivity index is 2.47. The third-order valence-electron chi connectivity index (χ3n) is 3.14. The highest BCUT2D eigenvalue weighted by Crippen LogP contribution is 2.19. The minimum atomic E-state index is -1.20. The van der Waals surface area contributed by atoms with E-state index >= 15 is 0 Å². The molecule has 0 saturated carbocycles. The number of nitrogens with one attached hydrogen (secondary N) is 1. The Bertz CT molecular complexity index is 373. The van der Waals surface area contributed by atoms with Crippen molar-refractivity contribution in [3.05, 3.63) is 0 Å². The number of amides is 1. The zero-order valence-corrected chi connectivity index (χ0v) is 11.3. The monoisotopic (exact) mass is 288 g/mol. The minimum absolute atomic E-state index is 0.0270. The van der Waals surface area contributed by atoms with Crippen LogP contribution in [0.3, 0.4) is 0 Å². The molecule has 3 atom stereocenters. The number of hydrogen-bond acceptors (Lipinski definition) is 6. The number of ether oxygens (including phenoxy) is 2. The average Bonchev–Trinajstić information content (AvgIpc) is 2.91. The molecule has 1 amide bonds. The first kappa shape index (κ1) is 16.4. The van der Waals surface area contributed by atoms with Crippen LogP contribution in [0.4, 0.5) is 0 Å². The number of carbonyl (C=O) groups excluding carboxylic acids is 2. The van der Waals surface area contributed by atoms with Gasteiger partial charge in [-0.2, -0.15) is 0 Å². The summed E-state index contributed by atoms with van der Waals surface area (Å²) in [7, 11) is 1.22. The molecular weight excluding hydrogens is 268 g/mol. The zero-order valence-electron chi connectivity index (χ0n) is 11.3. The summed E-state index contributed by atoms with van der Waals surface area (Å²) in [5, 5.41) is 11.4. The second-order valence-electron chi connectivity index (χ2n) is 4.57. The van der Waals surface area contributed by atoms with Crippen molar-refractivity contribution in [3.63, 3.8) is 0 Å². The predicted octanol–water partition coefficient (Wildman–Crippen LogP) is -0.985. The highest BCUT2D eigenvalue weighted by Gasteiger charge is 2.32. The van der Waals surface area contributed by atoms with Gasteiger partial charge in [-0.05, 0) is 19.3 Å². The van der Waals surface area contributed by atoms with Crippen LogP contribution in [0.25, 0.3) is 0 Å². The van der Waals surface area contributed by atoms with Gasteiger partial charge in [0, 0.05) is 13.0 Å². The maximum atomic E-state index is 11.9. The molecule has 8 heteroatoms. The summed E-state index contributed by atoms with van der Waals surface area (Å²) in [5.41, 5.74) is 5.44. The maximum absolute atomic E-state index is 11.9. The largest absolute Gasteiger partial charge is 0.480 e. The van der Waals surface area contributed by atoms with Gasteiger partial charge in [0.25, 0.3) is 0 Å². The van der Waals surface area contributed by atoms with Gasteiger partial charge in [-0.1, -0.05) is 0 Å². The molecule has 0 aromatic carbocycles. The number of carboxylic acid groups (broad SMARTS) is 1. The van der Waals surface area contributed by atoms with E-state index in [9.17, 15) is 14.4 Å². The minimum Gasteiger partial charge on any atom is -0.480 e. The molecule has 0 aromatic rings. The smallest absolute Gasteiger partial charge is 0.326 e. The van der Waals surface area contributed by atoms with Gasteiger partial charge >= 0.3 is 11.9 Å². The molecule has 0 bridgehead atoms. The van der Waals surface area contributed by atoms with E-state index in [0.717, 1.165) is 0 Å². The van der Waals surface area contributed by atoms with Crippen molar-refractivity contribution >= 4 is 17.8 Å². The molecule has 1 aliphatic heterocycles. The van der Waals surface area contributed by atoms with E-state index in [-0.39, 0.29) is 18.9 Å².